The Morgan fingerprint density at radius 1 is 1.37 bits per heavy atom. The fourth-order valence-electron chi connectivity index (χ4n) is 2.16. The number of aromatic nitrogens is 2. The Labute approximate surface area is 113 Å². The van der Waals surface area contributed by atoms with Gasteiger partial charge in [0.15, 0.2) is 0 Å². The van der Waals surface area contributed by atoms with E-state index in [9.17, 15) is 4.79 Å². The maximum Gasteiger partial charge on any atom is 0.314 e. The van der Waals surface area contributed by atoms with Crippen LogP contribution in [0.15, 0.2) is 42.7 Å². The number of ether oxygens (including phenoxy) is 1. The van der Waals surface area contributed by atoms with Gasteiger partial charge in [-0.15, -0.1) is 0 Å². The van der Waals surface area contributed by atoms with Crippen LogP contribution in [0.5, 0.6) is 0 Å². The van der Waals surface area contributed by atoms with Gasteiger partial charge >= 0.3 is 5.97 Å². The van der Waals surface area contributed by atoms with Crippen LogP contribution in [0.25, 0.3) is 0 Å². The Bertz CT molecular complexity index is 534. The van der Waals surface area contributed by atoms with Gasteiger partial charge in [0.1, 0.15) is 5.82 Å². The number of rotatable bonds is 5. The van der Waals surface area contributed by atoms with Gasteiger partial charge < -0.3 is 9.30 Å². The highest BCUT2D eigenvalue weighted by atomic mass is 16.5. The summed E-state index contributed by atoms with van der Waals surface area (Å²) in [5.41, 5.74) is 0.963. The monoisotopic (exact) mass is 258 g/mol. The molecule has 4 heteroatoms. The van der Waals surface area contributed by atoms with Gasteiger partial charge in [-0.3, -0.25) is 4.79 Å². The van der Waals surface area contributed by atoms with Crippen molar-refractivity contribution in [2.45, 2.75) is 25.8 Å². The topological polar surface area (TPSA) is 44.1 Å². The number of methoxy groups -OCH3 is 1. The molecule has 0 amide bonds. The van der Waals surface area contributed by atoms with E-state index in [-0.39, 0.29) is 11.9 Å². The average Bonchev–Trinajstić information content (AvgIpc) is 2.92. The van der Waals surface area contributed by atoms with Crippen molar-refractivity contribution in [1.29, 1.82) is 0 Å². The molecule has 19 heavy (non-hydrogen) atoms. The van der Waals surface area contributed by atoms with Crippen molar-refractivity contribution in [2.24, 2.45) is 0 Å². The van der Waals surface area contributed by atoms with Crippen molar-refractivity contribution < 1.29 is 9.53 Å². The molecule has 0 aliphatic carbocycles. The van der Waals surface area contributed by atoms with Crippen molar-refractivity contribution in [3.8, 4) is 0 Å². The molecule has 0 bridgehead atoms. The van der Waals surface area contributed by atoms with E-state index in [0.29, 0.717) is 6.54 Å². The number of carbonyl (C=O) groups excluding carboxylic acids is 1. The van der Waals surface area contributed by atoms with Crippen LogP contribution in [0.1, 0.15) is 24.2 Å². The van der Waals surface area contributed by atoms with E-state index in [2.05, 4.69) is 11.9 Å². The summed E-state index contributed by atoms with van der Waals surface area (Å²) < 4.78 is 6.92. The highest BCUT2D eigenvalue weighted by Gasteiger charge is 2.22. The van der Waals surface area contributed by atoms with Crippen molar-refractivity contribution in [1.82, 2.24) is 9.55 Å². The first kappa shape index (κ1) is 13.3. The van der Waals surface area contributed by atoms with Crippen molar-refractivity contribution in [2.75, 3.05) is 7.11 Å². The Morgan fingerprint density at radius 2 is 2.11 bits per heavy atom. The largest absolute Gasteiger partial charge is 0.468 e. The molecule has 0 aliphatic rings. The fraction of sp³-hybridized carbons (Fsp3) is 0.333. The van der Waals surface area contributed by atoms with Gasteiger partial charge in [0.05, 0.1) is 13.0 Å². The van der Waals surface area contributed by atoms with Crippen LogP contribution in [0.4, 0.5) is 0 Å². The third-order valence-electron chi connectivity index (χ3n) is 3.18. The summed E-state index contributed by atoms with van der Waals surface area (Å²) in [5, 5.41) is 0. The van der Waals surface area contributed by atoms with Crippen LogP contribution in [0, 0.1) is 0 Å². The van der Waals surface area contributed by atoms with E-state index in [1.54, 1.807) is 6.20 Å². The minimum Gasteiger partial charge on any atom is -0.468 e. The molecular weight excluding hydrogens is 240 g/mol. The molecule has 2 rings (SSSR count). The molecule has 0 saturated heterocycles. The zero-order valence-electron chi connectivity index (χ0n) is 11.2. The van der Waals surface area contributed by atoms with Gasteiger partial charge in [-0.05, 0) is 5.56 Å². The summed E-state index contributed by atoms with van der Waals surface area (Å²) in [4.78, 5) is 16.3. The average molecular weight is 258 g/mol. The second kappa shape index (κ2) is 6.18. The van der Waals surface area contributed by atoms with Crippen molar-refractivity contribution >= 4 is 5.97 Å². The Hall–Kier alpha value is -2.10. The summed E-state index contributed by atoms with van der Waals surface area (Å²) in [7, 11) is 1.42. The predicted molar refractivity (Wildman–Crippen MR) is 72.8 cm³/mol. The first-order valence-electron chi connectivity index (χ1n) is 6.39. The second-order valence-corrected chi connectivity index (χ2v) is 4.34. The third kappa shape index (κ3) is 3.02. The van der Waals surface area contributed by atoms with E-state index >= 15 is 0 Å². The van der Waals surface area contributed by atoms with Crippen LogP contribution in [0.2, 0.25) is 0 Å². The molecule has 1 aromatic heterocycles. The molecule has 1 atom stereocenters. The molecule has 0 fully saturated rings. The number of esters is 1. The van der Waals surface area contributed by atoms with Gasteiger partial charge in [-0.1, -0.05) is 37.3 Å². The zero-order chi connectivity index (χ0) is 13.7. The number of aryl methyl sites for hydroxylation is 1. The molecule has 0 saturated carbocycles. The van der Waals surface area contributed by atoms with Crippen LogP contribution in [0.3, 0.4) is 0 Å². The first-order chi connectivity index (χ1) is 9.26. The van der Waals surface area contributed by atoms with Gasteiger partial charge in [0.25, 0.3) is 0 Å². The zero-order valence-corrected chi connectivity index (χ0v) is 11.2. The molecule has 0 aliphatic heterocycles. The summed E-state index contributed by atoms with van der Waals surface area (Å²) in [5.74, 6) is 0.456. The lowest BCUT2D eigenvalue weighted by Gasteiger charge is -2.17. The molecule has 0 radical (unpaired) electrons. The van der Waals surface area contributed by atoms with E-state index in [1.807, 2.05) is 41.1 Å². The summed E-state index contributed by atoms with van der Waals surface area (Å²) in [6.07, 6.45) is 4.51. The van der Waals surface area contributed by atoms with Crippen LogP contribution < -0.4 is 0 Å². The molecule has 1 heterocycles. The molecule has 1 unspecified atom stereocenters. The molecule has 0 spiro atoms. The van der Waals surface area contributed by atoms with E-state index < -0.39 is 0 Å². The van der Waals surface area contributed by atoms with Crippen molar-refractivity contribution in [3.63, 3.8) is 0 Å². The van der Waals surface area contributed by atoms with E-state index in [1.165, 1.54) is 7.11 Å². The van der Waals surface area contributed by atoms with Gasteiger partial charge in [0.2, 0.25) is 0 Å². The van der Waals surface area contributed by atoms with Gasteiger partial charge in [0, 0.05) is 25.4 Å². The molecule has 0 N–H and O–H groups in total. The number of hydrogen-bond acceptors (Lipinski definition) is 3. The summed E-state index contributed by atoms with van der Waals surface area (Å²) >= 11 is 0. The molecular formula is C15H18N2O2. The highest BCUT2D eigenvalue weighted by Crippen LogP contribution is 2.20. The highest BCUT2D eigenvalue weighted by molar-refractivity contribution is 5.77. The number of carbonyl (C=O) groups is 1. The quantitative estimate of drug-likeness (QED) is 0.773. The minimum atomic E-state index is -0.300. The maximum absolute atomic E-state index is 12.0. The number of benzene rings is 1. The smallest absolute Gasteiger partial charge is 0.314 e. The lowest BCUT2D eigenvalue weighted by atomic mass is 9.99. The lowest BCUT2D eigenvalue weighted by molar-refractivity contribution is -0.142. The van der Waals surface area contributed by atoms with Crippen LogP contribution >= 0.6 is 0 Å². The minimum absolute atomic E-state index is 0.220. The summed E-state index contributed by atoms with van der Waals surface area (Å²) in [6, 6.07) is 9.70. The predicted octanol–water partition coefficient (Wildman–Crippen LogP) is 2.40. The second-order valence-electron chi connectivity index (χ2n) is 4.34. The number of imidazole rings is 1. The lowest BCUT2D eigenvalue weighted by Crippen LogP contribution is -2.20. The van der Waals surface area contributed by atoms with Gasteiger partial charge in [-0.2, -0.15) is 0 Å². The molecule has 100 valence electrons. The molecule has 4 nitrogen and oxygen atoms in total. The van der Waals surface area contributed by atoms with Crippen LogP contribution in [-0.4, -0.2) is 22.6 Å². The normalized spacial score (nSPS) is 12.1. The Kier molecular flexibility index (Phi) is 4.34. The standard InChI is InChI=1S/C15H18N2O2/c1-3-14-16-9-10-17(14)11-13(15(18)19-2)12-7-5-4-6-8-12/h4-10,13H,3,11H2,1-2H3. The van der Waals surface area contributed by atoms with E-state index in [4.69, 9.17) is 4.74 Å². The number of hydrogen-bond donors (Lipinski definition) is 0. The van der Waals surface area contributed by atoms with E-state index in [0.717, 1.165) is 17.8 Å². The molecule has 2 aromatic rings. The molecule has 1 aromatic carbocycles. The van der Waals surface area contributed by atoms with Crippen molar-refractivity contribution in [3.05, 3.63) is 54.1 Å². The SMILES string of the molecule is CCc1nccn1CC(C(=O)OC)c1ccccc1. The fourth-order valence-corrected chi connectivity index (χ4v) is 2.16. The Balaban J connectivity index is 2.27. The number of nitrogens with zero attached hydrogens (tertiary/aromatic N) is 2. The third-order valence-corrected chi connectivity index (χ3v) is 3.18. The first-order valence-corrected chi connectivity index (χ1v) is 6.39. The van der Waals surface area contributed by atoms with Gasteiger partial charge in [-0.25, -0.2) is 4.98 Å². The van der Waals surface area contributed by atoms with Crippen LogP contribution in [-0.2, 0) is 22.5 Å². The maximum atomic E-state index is 12.0. The summed E-state index contributed by atoms with van der Waals surface area (Å²) in [6.45, 7) is 2.61. The Morgan fingerprint density at radius 3 is 2.74 bits per heavy atom.